The number of aryl methyl sites for hydroxylation is 2. The van der Waals surface area contributed by atoms with Gasteiger partial charge in [-0.15, -0.1) is 0 Å². The van der Waals surface area contributed by atoms with Crippen molar-refractivity contribution in [3.05, 3.63) is 77.1 Å². The zero-order valence-corrected chi connectivity index (χ0v) is 18.1. The maximum absolute atomic E-state index is 13.0. The Morgan fingerprint density at radius 1 is 1.19 bits per heavy atom. The van der Waals surface area contributed by atoms with Gasteiger partial charge in [-0.25, -0.2) is 5.43 Å². The van der Waals surface area contributed by atoms with E-state index in [-0.39, 0.29) is 23.9 Å². The average Bonchev–Trinajstić information content (AvgIpc) is 3.22. The molecule has 4 rings (SSSR count). The molecule has 0 radical (unpaired) electrons. The minimum absolute atomic E-state index is 0.0291. The molecule has 2 aliphatic rings. The molecule has 2 aliphatic heterocycles. The van der Waals surface area contributed by atoms with E-state index in [0.29, 0.717) is 25.1 Å². The van der Waals surface area contributed by atoms with E-state index in [2.05, 4.69) is 10.7 Å². The van der Waals surface area contributed by atoms with Gasteiger partial charge in [0.2, 0.25) is 0 Å². The fourth-order valence-corrected chi connectivity index (χ4v) is 4.06. The van der Waals surface area contributed by atoms with Gasteiger partial charge in [0, 0.05) is 31.1 Å². The molecule has 1 saturated heterocycles. The van der Waals surface area contributed by atoms with Gasteiger partial charge in [0.25, 0.3) is 11.8 Å². The van der Waals surface area contributed by atoms with Crippen LogP contribution in [0.4, 0.5) is 0 Å². The molecular weight excluding hydrogens is 392 g/mol. The highest BCUT2D eigenvalue weighted by molar-refractivity contribution is 5.95. The van der Waals surface area contributed by atoms with Crippen molar-refractivity contribution in [2.45, 2.75) is 32.4 Å². The zero-order valence-electron chi connectivity index (χ0n) is 18.1. The first-order valence-corrected chi connectivity index (χ1v) is 10.5. The van der Waals surface area contributed by atoms with Crippen LogP contribution in [0.3, 0.4) is 0 Å². The third-order valence-electron chi connectivity index (χ3n) is 5.85. The minimum Gasteiger partial charge on any atom is -0.497 e. The Balaban J connectivity index is 1.34. The van der Waals surface area contributed by atoms with Crippen LogP contribution in [0.2, 0.25) is 0 Å². The molecular formula is C24H28N4O3. The summed E-state index contributed by atoms with van der Waals surface area (Å²) in [6.45, 7) is 4.71. The number of ether oxygens (including phenoxy) is 1. The standard InChI is InChI=1S/C24H28N4O3/c1-16-7-8-17(2)20(13-16)23(29)25-9-10-27-11-12-28-22(24(27)30)15-21(26-28)18-5-4-6-19(14-18)31-3/h4-8,11-14,21-22,26H,9-10,15H2,1-3H3,(H,25,29). The molecule has 2 N–H and O–H groups in total. The zero-order chi connectivity index (χ0) is 22.0. The molecule has 0 spiro atoms. The van der Waals surface area contributed by atoms with Crippen molar-refractivity contribution in [3.8, 4) is 5.75 Å². The first kappa shape index (κ1) is 20.9. The molecule has 0 aliphatic carbocycles. The lowest BCUT2D eigenvalue weighted by molar-refractivity contribution is -0.134. The number of benzene rings is 2. The number of fused-ring (bicyclic) bond motifs is 1. The van der Waals surface area contributed by atoms with E-state index in [1.54, 1.807) is 18.2 Å². The van der Waals surface area contributed by atoms with E-state index in [4.69, 9.17) is 4.74 Å². The van der Waals surface area contributed by atoms with E-state index < -0.39 is 0 Å². The second-order valence-electron chi connectivity index (χ2n) is 8.02. The third-order valence-corrected chi connectivity index (χ3v) is 5.85. The van der Waals surface area contributed by atoms with Gasteiger partial charge in [0.05, 0.1) is 13.2 Å². The highest BCUT2D eigenvalue weighted by atomic mass is 16.5. The normalized spacial score (nSPS) is 20.0. The molecule has 1 fully saturated rings. The van der Waals surface area contributed by atoms with Crippen LogP contribution in [0.15, 0.2) is 54.9 Å². The molecule has 2 amide bonds. The molecule has 0 bridgehead atoms. The van der Waals surface area contributed by atoms with Gasteiger partial charge < -0.3 is 20.0 Å². The molecule has 2 aromatic carbocycles. The number of hydrogen-bond donors (Lipinski definition) is 2. The number of amides is 2. The van der Waals surface area contributed by atoms with Crippen molar-refractivity contribution in [2.75, 3.05) is 20.2 Å². The van der Waals surface area contributed by atoms with Gasteiger partial charge in [0.1, 0.15) is 11.8 Å². The Kier molecular flexibility index (Phi) is 5.95. The third kappa shape index (κ3) is 4.41. The van der Waals surface area contributed by atoms with Crippen LogP contribution in [0.5, 0.6) is 5.75 Å². The summed E-state index contributed by atoms with van der Waals surface area (Å²) in [4.78, 5) is 27.2. The summed E-state index contributed by atoms with van der Waals surface area (Å²) >= 11 is 0. The Hall–Kier alpha value is -3.32. The lowest BCUT2D eigenvalue weighted by Gasteiger charge is -2.31. The summed E-state index contributed by atoms with van der Waals surface area (Å²) in [5, 5.41) is 4.80. The molecule has 0 saturated carbocycles. The summed E-state index contributed by atoms with van der Waals surface area (Å²) in [7, 11) is 1.65. The quantitative estimate of drug-likeness (QED) is 0.752. The molecule has 2 unspecified atom stereocenters. The van der Waals surface area contributed by atoms with Crippen LogP contribution in [-0.2, 0) is 4.79 Å². The number of hydrazine groups is 1. The number of rotatable bonds is 6. The van der Waals surface area contributed by atoms with E-state index in [0.717, 1.165) is 22.4 Å². The van der Waals surface area contributed by atoms with Gasteiger partial charge in [-0.2, -0.15) is 0 Å². The van der Waals surface area contributed by atoms with Gasteiger partial charge in [-0.3, -0.25) is 9.59 Å². The molecule has 2 atom stereocenters. The topological polar surface area (TPSA) is 73.9 Å². The Labute approximate surface area is 182 Å². The lowest BCUT2D eigenvalue weighted by Crippen LogP contribution is -2.49. The second-order valence-corrected chi connectivity index (χ2v) is 8.02. The van der Waals surface area contributed by atoms with Crippen LogP contribution in [0.1, 0.15) is 39.5 Å². The van der Waals surface area contributed by atoms with Crippen LogP contribution < -0.4 is 15.5 Å². The summed E-state index contributed by atoms with van der Waals surface area (Å²) in [6.07, 6.45) is 4.32. The number of carbonyl (C=O) groups is 2. The van der Waals surface area contributed by atoms with E-state index in [1.165, 1.54) is 0 Å². The summed E-state index contributed by atoms with van der Waals surface area (Å²) in [5.41, 5.74) is 7.14. The molecule has 7 nitrogen and oxygen atoms in total. The smallest absolute Gasteiger partial charge is 0.251 e. The number of methoxy groups -OCH3 is 1. The fourth-order valence-electron chi connectivity index (χ4n) is 4.06. The predicted molar refractivity (Wildman–Crippen MR) is 118 cm³/mol. The molecule has 162 valence electrons. The van der Waals surface area contributed by atoms with Gasteiger partial charge in [-0.05, 0) is 49.6 Å². The predicted octanol–water partition coefficient (Wildman–Crippen LogP) is 2.68. The molecule has 7 heteroatoms. The average molecular weight is 421 g/mol. The Morgan fingerprint density at radius 3 is 2.84 bits per heavy atom. The molecule has 2 heterocycles. The number of nitrogens with zero attached hydrogens (tertiary/aromatic N) is 2. The van der Waals surface area contributed by atoms with Crippen molar-refractivity contribution >= 4 is 11.8 Å². The number of hydrogen-bond acceptors (Lipinski definition) is 5. The molecule has 2 aromatic rings. The fraction of sp³-hybridized carbons (Fsp3) is 0.333. The first-order valence-electron chi connectivity index (χ1n) is 10.5. The van der Waals surface area contributed by atoms with E-state index >= 15 is 0 Å². The largest absolute Gasteiger partial charge is 0.497 e. The second kappa shape index (κ2) is 8.81. The van der Waals surface area contributed by atoms with Crippen molar-refractivity contribution in [1.82, 2.24) is 20.7 Å². The van der Waals surface area contributed by atoms with Crippen molar-refractivity contribution in [1.29, 1.82) is 0 Å². The van der Waals surface area contributed by atoms with Crippen LogP contribution in [-0.4, -0.2) is 48.0 Å². The summed E-state index contributed by atoms with van der Waals surface area (Å²) in [5.74, 6) is 0.713. The first-order chi connectivity index (χ1) is 15.0. The van der Waals surface area contributed by atoms with E-state index in [9.17, 15) is 9.59 Å². The maximum Gasteiger partial charge on any atom is 0.251 e. The molecule has 31 heavy (non-hydrogen) atoms. The highest BCUT2D eigenvalue weighted by Crippen LogP contribution is 2.32. The minimum atomic E-state index is -0.268. The van der Waals surface area contributed by atoms with Crippen molar-refractivity contribution < 1.29 is 14.3 Å². The summed E-state index contributed by atoms with van der Waals surface area (Å²) < 4.78 is 5.32. The van der Waals surface area contributed by atoms with Gasteiger partial charge in [0.15, 0.2) is 0 Å². The van der Waals surface area contributed by atoms with Crippen LogP contribution in [0, 0.1) is 13.8 Å². The maximum atomic E-state index is 13.0. The van der Waals surface area contributed by atoms with E-state index in [1.807, 2.05) is 67.5 Å². The number of nitrogens with one attached hydrogen (secondary N) is 2. The Morgan fingerprint density at radius 2 is 2.03 bits per heavy atom. The highest BCUT2D eigenvalue weighted by Gasteiger charge is 2.39. The number of carbonyl (C=O) groups excluding carboxylic acids is 2. The lowest BCUT2D eigenvalue weighted by atomic mass is 10.0. The monoisotopic (exact) mass is 420 g/mol. The van der Waals surface area contributed by atoms with Gasteiger partial charge in [-0.1, -0.05) is 29.8 Å². The van der Waals surface area contributed by atoms with Crippen LogP contribution >= 0.6 is 0 Å². The Bertz CT molecular complexity index is 1020. The molecule has 0 aromatic heterocycles. The van der Waals surface area contributed by atoms with Gasteiger partial charge >= 0.3 is 0 Å². The van der Waals surface area contributed by atoms with Crippen molar-refractivity contribution in [3.63, 3.8) is 0 Å². The summed E-state index contributed by atoms with van der Waals surface area (Å²) in [6, 6.07) is 13.5. The SMILES string of the molecule is COc1cccc(C2CC3C(=O)N(CCNC(=O)c4cc(C)ccc4C)C=CN3N2)c1. The van der Waals surface area contributed by atoms with Crippen molar-refractivity contribution in [2.24, 2.45) is 0 Å². The van der Waals surface area contributed by atoms with Crippen LogP contribution in [0.25, 0.3) is 0 Å².